The average Bonchev–Trinajstić information content (AvgIpc) is 3.08. The number of aromatic amines is 1. The molecule has 9 heteroatoms. The summed E-state index contributed by atoms with van der Waals surface area (Å²) in [5.74, 6) is -0.459. The number of rotatable bonds is 5. The molecule has 8 nitrogen and oxygen atoms in total. The summed E-state index contributed by atoms with van der Waals surface area (Å²) in [4.78, 5) is 25.9. The van der Waals surface area contributed by atoms with E-state index in [9.17, 15) is 18.0 Å². The maximum absolute atomic E-state index is 13.0. The van der Waals surface area contributed by atoms with Gasteiger partial charge in [0.05, 0.1) is 23.8 Å². The van der Waals surface area contributed by atoms with E-state index in [0.717, 1.165) is 0 Å². The van der Waals surface area contributed by atoms with Gasteiger partial charge in [-0.25, -0.2) is 13.1 Å². The molecular formula is C21H21N3O5S. The van der Waals surface area contributed by atoms with Gasteiger partial charge in [0.1, 0.15) is 5.56 Å². The van der Waals surface area contributed by atoms with E-state index >= 15 is 0 Å². The zero-order valence-electron chi connectivity index (χ0n) is 16.4. The molecule has 1 fully saturated rings. The molecule has 156 valence electrons. The van der Waals surface area contributed by atoms with Crippen LogP contribution in [0.2, 0.25) is 0 Å². The summed E-state index contributed by atoms with van der Waals surface area (Å²) in [5.41, 5.74) is 0.891. The summed E-state index contributed by atoms with van der Waals surface area (Å²) >= 11 is 0. The van der Waals surface area contributed by atoms with Crippen molar-refractivity contribution in [2.45, 2.75) is 11.8 Å². The van der Waals surface area contributed by atoms with Crippen molar-refractivity contribution in [2.24, 2.45) is 0 Å². The van der Waals surface area contributed by atoms with Crippen LogP contribution in [0, 0.1) is 6.92 Å². The second-order valence-corrected chi connectivity index (χ2v) is 8.90. The molecule has 0 unspecified atom stereocenters. The van der Waals surface area contributed by atoms with Crippen LogP contribution in [0.1, 0.15) is 21.6 Å². The van der Waals surface area contributed by atoms with Gasteiger partial charge in [0, 0.05) is 24.3 Å². The molecule has 0 aliphatic carbocycles. The smallest absolute Gasteiger partial charge is 0.282 e. The van der Waals surface area contributed by atoms with E-state index < -0.39 is 21.4 Å². The Labute approximate surface area is 173 Å². The lowest BCUT2D eigenvalue weighted by Gasteiger charge is -2.26. The molecule has 1 aromatic heterocycles. The number of nitrogens with zero attached hydrogens (tertiary/aromatic N) is 2. The van der Waals surface area contributed by atoms with Gasteiger partial charge in [-0.3, -0.25) is 14.7 Å². The molecule has 2 heterocycles. The van der Waals surface area contributed by atoms with Gasteiger partial charge in [-0.1, -0.05) is 18.2 Å². The van der Waals surface area contributed by atoms with Crippen molar-refractivity contribution in [3.63, 3.8) is 0 Å². The van der Waals surface area contributed by atoms with Crippen LogP contribution in [0.3, 0.4) is 0 Å². The van der Waals surface area contributed by atoms with Crippen molar-refractivity contribution >= 4 is 15.8 Å². The number of para-hydroxylation sites is 1. The van der Waals surface area contributed by atoms with Crippen molar-refractivity contribution < 1.29 is 17.9 Å². The number of aromatic nitrogens is 2. The number of morpholine rings is 1. The summed E-state index contributed by atoms with van der Waals surface area (Å²) in [6, 6.07) is 14.6. The van der Waals surface area contributed by atoms with Gasteiger partial charge in [-0.2, -0.15) is 4.31 Å². The van der Waals surface area contributed by atoms with E-state index in [4.69, 9.17) is 4.74 Å². The molecule has 0 amide bonds. The van der Waals surface area contributed by atoms with Crippen molar-refractivity contribution in [1.82, 2.24) is 14.1 Å². The lowest BCUT2D eigenvalue weighted by Crippen LogP contribution is -2.40. The minimum absolute atomic E-state index is 0.0302. The number of sulfonamides is 1. The monoisotopic (exact) mass is 427 g/mol. The highest BCUT2D eigenvalue weighted by molar-refractivity contribution is 7.89. The average molecular weight is 427 g/mol. The second kappa shape index (κ2) is 8.02. The van der Waals surface area contributed by atoms with E-state index in [0.29, 0.717) is 37.7 Å². The normalized spacial score (nSPS) is 15.2. The Bertz CT molecular complexity index is 1220. The Morgan fingerprint density at radius 2 is 1.63 bits per heavy atom. The zero-order chi connectivity index (χ0) is 21.3. The van der Waals surface area contributed by atoms with Crippen LogP contribution in [0.5, 0.6) is 0 Å². The van der Waals surface area contributed by atoms with Gasteiger partial charge in [-0.15, -0.1) is 0 Å². The van der Waals surface area contributed by atoms with Crippen molar-refractivity contribution in [3.8, 4) is 5.69 Å². The van der Waals surface area contributed by atoms with Gasteiger partial charge in [-0.05, 0) is 43.3 Å². The van der Waals surface area contributed by atoms with Crippen molar-refractivity contribution in [1.29, 1.82) is 0 Å². The maximum atomic E-state index is 13.0. The van der Waals surface area contributed by atoms with Crippen LogP contribution in [0.25, 0.3) is 5.69 Å². The quantitative estimate of drug-likeness (QED) is 0.625. The summed E-state index contributed by atoms with van der Waals surface area (Å²) < 4.78 is 33.4. The Kier molecular flexibility index (Phi) is 5.42. The predicted octanol–water partition coefficient (Wildman–Crippen LogP) is 1.73. The third-order valence-electron chi connectivity index (χ3n) is 5.04. The molecule has 1 saturated heterocycles. The third kappa shape index (κ3) is 3.62. The first-order chi connectivity index (χ1) is 14.4. The largest absolute Gasteiger partial charge is 0.379 e. The first-order valence-electron chi connectivity index (χ1n) is 9.49. The van der Waals surface area contributed by atoms with Gasteiger partial charge in [0.25, 0.3) is 5.56 Å². The molecule has 0 spiro atoms. The van der Waals surface area contributed by atoms with Gasteiger partial charge >= 0.3 is 0 Å². The van der Waals surface area contributed by atoms with Crippen molar-refractivity contribution in [3.05, 3.63) is 81.8 Å². The molecule has 0 bridgehead atoms. The van der Waals surface area contributed by atoms with Crippen LogP contribution in [-0.2, 0) is 14.8 Å². The summed E-state index contributed by atoms with van der Waals surface area (Å²) in [6.07, 6.45) is 0. The van der Waals surface area contributed by atoms with E-state index in [-0.39, 0.29) is 16.0 Å². The first kappa shape index (κ1) is 20.3. The van der Waals surface area contributed by atoms with E-state index in [1.165, 1.54) is 33.3 Å². The molecule has 1 aliphatic heterocycles. The van der Waals surface area contributed by atoms with E-state index in [1.807, 2.05) is 6.07 Å². The summed E-state index contributed by atoms with van der Waals surface area (Å²) in [6.45, 7) is 2.97. The van der Waals surface area contributed by atoms with Crippen LogP contribution in [0.15, 0.2) is 64.3 Å². The Morgan fingerprint density at radius 1 is 1.00 bits per heavy atom. The molecule has 2 aromatic carbocycles. The Balaban J connectivity index is 1.64. The fourth-order valence-electron chi connectivity index (χ4n) is 3.43. The highest BCUT2D eigenvalue weighted by Gasteiger charge is 2.27. The topological polar surface area (TPSA) is 101 Å². The second-order valence-electron chi connectivity index (χ2n) is 6.96. The van der Waals surface area contributed by atoms with Gasteiger partial charge < -0.3 is 4.74 Å². The minimum Gasteiger partial charge on any atom is -0.379 e. The van der Waals surface area contributed by atoms with Crippen LogP contribution < -0.4 is 5.56 Å². The molecule has 1 aliphatic rings. The highest BCUT2D eigenvalue weighted by atomic mass is 32.2. The number of carbonyl (C=O) groups excluding carboxylic acids is 1. The number of hydrogen-bond donors (Lipinski definition) is 1. The number of ether oxygens (including phenoxy) is 1. The number of H-pyrrole nitrogens is 1. The van der Waals surface area contributed by atoms with Crippen molar-refractivity contribution in [2.75, 3.05) is 26.3 Å². The molecule has 30 heavy (non-hydrogen) atoms. The SMILES string of the molecule is Cc1[nH]n(-c2ccccc2)c(=O)c1C(=O)c1ccc(S(=O)(=O)N2CCOCC2)cc1. The number of nitrogens with one attached hydrogen (secondary N) is 1. The standard InChI is InChI=1S/C21H21N3O5S/c1-15-19(21(26)24(22-15)17-5-3-2-4-6-17)20(25)16-7-9-18(10-8-16)30(27,28)23-11-13-29-14-12-23/h2-10,22H,11-14H2,1H3. The molecule has 1 N–H and O–H groups in total. The molecule has 0 saturated carbocycles. The molecular weight excluding hydrogens is 406 g/mol. The number of hydrogen-bond acceptors (Lipinski definition) is 5. The summed E-state index contributed by atoms with van der Waals surface area (Å²) in [5, 5.41) is 2.93. The van der Waals surface area contributed by atoms with Crippen LogP contribution in [-0.4, -0.2) is 54.6 Å². The van der Waals surface area contributed by atoms with Crippen LogP contribution >= 0.6 is 0 Å². The van der Waals surface area contributed by atoms with Gasteiger partial charge in [0.2, 0.25) is 10.0 Å². The lowest BCUT2D eigenvalue weighted by molar-refractivity contribution is 0.0730. The van der Waals surface area contributed by atoms with E-state index in [1.54, 1.807) is 31.2 Å². The number of benzene rings is 2. The fourth-order valence-corrected chi connectivity index (χ4v) is 4.84. The predicted molar refractivity (Wildman–Crippen MR) is 111 cm³/mol. The maximum Gasteiger partial charge on any atom is 0.282 e. The highest BCUT2D eigenvalue weighted by Crippen LogP contribution is 2.19. The minimum atomic E-state index is -3.65. The number of carbonyl (C=O) groups is 1. The van der Waals surface area contributed by atoms with Crippen LogP contribution in [0.4, 0.5) is 0 Å². The van der Waals surface area contributed by atoms with E-state index in [2.05, 4.69) is 5.10 Å². The zero-order valence-corrected chi connectivity index (χ0v) is 17.2. The first-order valence-corrected chi connectivity index (χ1v) is 10.9. The fraction of sp³-hybridized carbons (Fsp3) is 0.238. The number of ketones is 1. The third-order valence-corrected chi connectivity index (χ3v) is 6.95. The Hall–Kier alpha value is -3.01. The van der Waals surface area contributed by atoms with Gasteiger partial charge in [0.15, 0.2) is 5.78 Å². The lowest BCUT2D eigenvalue weighted by atomic mass is 10.0. The Morgan fingerprint density at radius 3 is 2.27 bits per heavy atom. The molecule has 0 radical (unpaired) electrons. The molecule has 0 atom stereocenters. The molecule has 3 aromatic rings. The molecule has 4 rings (SSSR count). The number of aryl methyl sites for hydroxylation is 1. The summed E-state index contributed by atoms with van der Waals surface area (Å²) in [7, 11) is -3.65.